The number of nitrogens with zero attached hydrogens (tertiary/aromatic N) is 4. The fourth-order valence-corrected chi connectivity index (χ4v) is 3.64. The molecule has 0 spiro atoms. The Morgan fingerprint density at radius 3 is 2.55 bits per heavy atom. The molecule has 0 radical (unpaired) electrons. The topological polar surface area (TPSA) is 80.1 Å². The minimum atomic E-state index is -4.94. The van der Waals surface area contributed by atoms with Crippen LogP contribution < -0.4 is 5.32 Å². The van der Waals surface area contributed by atoms with Crippen LogP contribution in [0.3, 0.4) is 0 Å². The Labute approximate surface area is 186 Å². The molecule has 4 rings (SSSR count). The number of aromatic nitrogens is 3. The van der Waals surface area contributed by atoms with Gasteiger partial charge < -0.3 is 10.2 Å². The van der Waals surface area contributed by atoms with E-state index < -0.39 is 29.3 Å². The number of anilines is 1. The van der Waals surface area contributed by atoms with Crippen molar-refractivity contribution in [1.29, 1.82) is 0 Å². The first-order valence-corrected chi connectivity index (χ1v) is 10.2. The van der Waals surface area contributed by atoms with Gasteiger partial charge in [-0.2, -0.15) is 13.2 Å². The van der Waals surface area contributed by atoms with Crippen molar-refractivity contribution >= 4 is 17.5 Å². The third kappa shape index (κ3) is 5.02. The van der Waals surface area contributed by atoms with Crippen LogP contribution in [0.15, 0.2) is 48.5 Å². The van der Waals surface area contributed by atoms with Gasteiger partial charge in [0.05, 0.1) is 5.69 Å². The lowest BCUT2D eigenvalue weighted by molar-refractivity contribution is -0.143. The first kappa shape index (κ1) is 22.4. The van der Waals surface area contributed by atoms with Gasteiger partial charge in [0.25, 0.3) is 5.91 Å². The summed E-state index contributed by atoms with van der Waals surface area (Å²) in [5.74, 6) is -1.68. The molecule has 1 N–H and O–H groups in total. The van der Waals surface area contributed by atoms with Crippen LogP contribution in [0.1, 0.15) is 41.0 Å². The minimum absolute atomic E-state index is 0.0444. The molecule has 0 bridgehead atoms. The van der Waals surface area contributed by atoms with E-state index in [0.717, 1.165) is 42.7 Å². The predicted octanol–water partition coefficient (Wildman–Crippen LogP) is 4.19. The number of piperidine rings is 1. The number of hydrogen-bond donors (Lipinski definition) is 1. The number of rotatable bonds is 5. The van der Waals surface area contributed by atoms with E-state index in [9.17, 15) is 27.2 Å². The van der Waals surface area contributed by atoms with E-state index in [1.807, 2.05) is 0 Å². The van der Waals surface area contributed by atoms with E-state index in [4.69, 9.17) is 0 Å². The summed E-state index contributed by atoms with van der Waals surface area (Å²) in [6, 6.07) is 10.7. The monoisotopic (exact) mass is 461 g/mol. The molecular formula is C22H19F4N5O2. The first-order chi connectivity index (χ1) is 15.7. The van der Waals surface area contributed by atoms with Crippen molar-refractivity contribution < 1.29 is 27.2 Å². The number of alkyl halides is 3. The van der Waals surface area contributed by atoms with Crippen molar-refractivity contribution in [3.63, 3.8) is 0 Å². The highest BCUT2D eigenvalue weighted by Gasteiger charge is 2.42. The van der Waals surface area contributed by atoms with Gasteiger partial charge in [0.1, 0.15) is 5.82 Å². The van der Waals surface area contributed by atoms with E-state index in [1.54, 1.807) is 23.1 Å². The second-order valence-electron chi connectivity index (χ2n) is 7.60. The summed E-state index contributed by atoms with van der Waals surface area (Å²) in [6.45, 7) is 0.980. The van der Waals surface area contributed by atoms with Gasteiger partial charge in [-0.3, -0.25) is 9.59 Å². The van der Waals surface area contributed by atoms with Crippen LogP contribution in [0.2, 0.25) is 0 Å². The maximum atomic E-state index is 13.8. The Kier molecular flexibility index (Phi) is 6.12. The zero-order chi connectivity index (χ0) is 23.6. The van der Waals surface area contributed by atoms with Crippen molar-refractivity contribution in [3.8, 4) is 5.69 Å². The van der Waals surface area contributed by atoms with Gasteiger partial charge in [-0.15, -0.1) is 5.10 Å². The van der Waals surface area contributed by atoms with Crippen LogP contribution in [0.4, 0.5) is 23.2 Å². The lowest BCUT2D eigenvalue weighted by atomic mass is 10.1. The van der Waals surface area contributed by atoms with Gasteiger partial charge in [-0.25, -0.2) is 9.07 Å². The molecule has 1 fully saturated rings. The van der Waals surface area contributed by atoms with E-state index >= 15 is 0 Å². The normalized spacial score (nSPS) is 14.4. The summed E-state index contributed by atoms with van der Waals surface area (Å²) in [5.41, 5.74) is -1.39. The largest absolute Gasteiger partial charge is 0.435 e. The van der Waals surface area contributed by atoms with Crippen molar-refractivity contribution in [2.24, 2.45) is 0 Å². The molecule has 1 aliphatic rings. The number of amides is 2. The SMILES string of the molecule is O=C(Nc1cccc(CN2CCCCC2=O)c1)c1nnn(-c2ccc(F)cc2)c1C(F)(F)F. The molecule has 2 aromatic carbocycles. The minimum Gasteiger partial charge on any atom is -0.338 e. The highest BCUT2D eigenvalue weighted by molar-refractivity contribution is 6.03. The standard InChI is InChI=1S/C22H19F4N5O2/c23-15-7-9-17(10-8-15)31-20(22(24,25)26)19(28-29-31)21(33)27-16-5-3-4-14(12-16)13-30-11-2-1-6-18(30)32/h3-5,7-10,12H,1-2,6,11,13H2,(H,27,33). The maximum absolute atomic E-state index is 13.8. The maximum Gasteiger partial charge on any atom is 0.435 e. The van der Waals surface area contributed by atoms with Crippen molar-refractivity contribution in [3.05, 3.63) is 71.3 Å². The smallest absolute Gasteiger partial charge is 0.338 e. The summed E-state index contributed by atoms with van der Waals surface area (Å²) in [6.07, 6.45) is -2.70. The molecule has 172 valence electrons. The van der Waals surface area contributed by atoms with Crippen LogP contribution in [0, 0.1) is 5.82 Å². The molecule has 7 nitrogen and oxygen atoms in total. The summed E-state index contributed by atoms with van der Waals surface area (Å²) in [5, 5.41) is 9.32. The molecule has 0 unspecified atom stereocenters. The van der Waals surface area contributed by atoms with Crippen LogP contribution in [-0.4, -0.2) is 38.3 Å². The lowest BCUT2D eigenvalue weighted by Gasteiger charge is -2.26. The van der Waals surface area contributed by atoms with Gasteiger partial charge >= 0.3 is 6.18 Å². The zero-order valence-corrected chi connectivity index (χ0v) is 17.3. The van der Waals surface area contributed by atoms with Crippen molar-refractivity contribution in [1.82, 2.24) is 19.9 Å². The molecule has 2 heterocycles. The predicted molar refractivity (Wildman–Crippen MR) is 110 cm³/mol. The Balaban J connectivity index is 1.57. The van der Waals surface area contributed by atoms with Crippen LogP contribution in [0.5, 0.6) is 0 Å². The number of carbonyl (C=O) groups is 2. The van der Waals surface area contributed by atoms with E-state index in [-0.39, 0.29) is 17.3 Å². The lowest BCUT2D eigenvalue weighted by Crippen LogP contribution is -2.34. The highest BCUT2D eigenvalue weighted by atomic mass is 19.4. The molecule has 3 aromatic rings. The molecule has 0 saturated carbocycles. The molecule has 11 heteroatoms. The Bertz CT molecular complexity index is 1170. The van der Waals surface area contributed by atoms with E-state index in [1.165, 1.54) is 6.07 Å². The third-order valence-corrected chi connectivity index (χ3v) is 5.20. The molecular weight excluding hydrogens is 442 g/mol. The van der Waals surface area contributed by atoms with Crippen LogP contribution in [0.25, 0.3) is 5.69 Å². The number of carbonyl (C=O) groups excluding carboxylic acids is 2. The van der Waals surface area contributed by atoms with Gasteiger partial charge in [0, 0.05) is 25.2 Å². The van der Waals surface area contributed by atoms with Gasteiger partial charge in [-0.1, -0.05) is 17.3 Å². The zero-order valence-electron chi connectivity index (χ0n) is 17.3. The van der Waals surface area contributed by atoms with Gasteiger partial charge in [0.2, 0.25) is 5.91 Å². The molecule has 1 saturated heterocycles. The summed E-state index contributed by atoms with van der Waals surface area (Å²) in [7, 11) is 0. The number of nitrogens with one attached hydrogen (secondary N) is 1. The average molecular weight is 461 g/mol. The van der Waals surface area contributed by atoms with Crippen LogP contribution >= 0.6 is 0 Å². The molecule has 0 aliphatic carbocycles. The second-order valence-corrected chi connectivity index (χ2v) is 7.60. The molecule has 1 aromatic heterocycles. The summed E-state index contributed by atoms with van der Waals surface area (Å²) in [4.78, 5) is 26.4. The average Bonchev–Trinajstić information content (AvgIpc) is 3.22. The quantitative estimate of drug-likeness (QED) is 0.578. The summed E-state index contributed by atoms with van der Waals surface area (Å²) < 4.78 is 54.9. The van der Waals surface area contributed by atoms with E-state index in [2.05, 4.69) is 15.6 Å². The Morgan fingerprint density at radius 2 is 1.85 bits per heavy atom. The number of hydrogen-bond acceptors (Lipinski definition) is 4. The van der Waals surface area contributed by atoms with Crippen molar-refractivity contribution in [2.75, 3.05) is 11.9 Å². The molecule has 1 aliphatic heterocycles. The third-order valence-electron chi connectivity index (χ3n) is 5.20. The van der Waals surface area contributed by atoms with Gasteiger partial charge in [0.15, 0.2) is 11.4 Å². The molecule has 2 amide bonds. The number of benzene rings is 2. The van der Waals surface area contributed by atoms with Crippen molar-refractivity contribution in [2.45, 2.75) is 32.0 Å². The molecule has 0 atom stereocenters. The molecule has 33 heavy (non-hydrogen) atoms. The van der Waals surface area contributed by atoms with E-state index in [0.29, 0.717) is 24.2 Å². The first-order valence-electron chi connectivity index (χ1n) is 10.2. The summed E-state index contributed by atoms with van der Waals surface area (Å²) >= 11 is 0. The fourth-order valence-electron chi connectivity index (χ4n) is 3.64. The fraction of sp³-hybridized carbons (Fsp3) is 0.273. The Hall–Kier alpha value is -3.76. The Morgan fingerprint density at radius 1 is 1.09 bits per heavy atom. The van der Waals surface area contributed by atoms with Gasteiger partial charge in [-0.05, 0) is 54.8 Å². The second kappa shape index (κ2) is 9.00. The highest BCUT2D eigenvalue weighted by Crippen LogP contribution is 2.33. The number of likely N-dealkylation sites (tertiary alicyclic amines) is 1. The van der Waals surface area contributed by atoms with Crippen LogP contribution in [-0.2, 0) is 17.5 Å². The number of halogens is 4.